The standard InChI is InChI=1S/C16H22FN/c1-3-5-7-13(4-2)12-18-11-10-14-15(17)8-6-9-16(14)18/h6,8-11,13H,3-5,7,12H2,1-2H3. The number of unbranched alkanes of at least 4 members (excludes halogenated alkanes) is 1. The zero-order valence-corrected chi connectivity index (χ0v) is 11.3. The number of aromatic nitrogens is 1. The smallest absolute Gasteiger partial charge is 0.132 e. The fourth-order valence-corrected chi connectivity index (χ4v) is 2.54. The molecule has 0 aliphatic heterocycles. The van der Waals surface area contributed by atoms with Crippen LogP contribution in [0.25, 0.3) is 10.9 Å². The fourth-order valence-electron chi connectivity index (χ4n) is 2.54. The SMILES string of the molecule is CCCCC(CC)Cn1ccc2c(F)cccc21. The van der Waals surface area contributed by atoms with Crippen molar-refractivity contribution in [1.82, 2.24) is 4.57 Å². The Morgan fingerprint density at radius 1 is 1.22 bits per heavy atom. The van der Waals surface area contributed by atoms with Gasteiger partial charge < -0.3 is 4.57 Å². The van der Waals surface area contributed by atoms with E-state index in [1.165, 1.54) is 31.7 Å². The van der Waals surface area contributed by atoms with Gasteiger partial charge in [0.25, 0.3) is 0 Å². The molecule has 2 aromatic rings. The Balaban J connectivity index is 2.18. The Hall–Kier alpha value is -1.31. The summed E-state index contributed by atoms with van der Waals surface area (Å²) in [4.78, 5) is 0. The predicted molar refractivity (Wildman–Crippen MR) is 75.2 cm³/mol. The van der Waals surface area contributed by atoms with Gasteiger partial charge in [0.1, 0.15) is 5.82 Å². The minimum absolute atomic E-state index is 0.118. The van der Waals surface area contributed by atoms with E-state index in [1.807, 2.05) is 18.3 Å². The van der Waals surface area contributed by atoms with Crippen molar-refractivity contribution in [2.75, 3.05) is 0 Å². The van der Waals surface area contributed by atoms with E-state index >= 15 is 0 Å². The number of benzene rings is 1. The van der Waals surface area contributed by atoms with E-state index < -0.39 is 0 Å². The lowest BCUT2D eigenvalue weighted by molar-refractivity contribution is 0.396. The Kier molecular flexibility index (Phi) is 4.40. The van der Waals surface area contributed by atoms with Crippen molar-refractivity contribution >= 4 is 10.9 Å². The van der Waals surface area contributed by atoms with Gasteiger partial charge in [0, 0.05) is 18.1 Å². The molecule has 98 valence electrons. The molecule has 1 unspecified atom stereocenters. The highest BCUT2D eigenvalue weighted by Crippen LogP contribution is 2.22. The summed E-state index contributed by atoms with van der Waals surface area (Å²) in [7, 11) is 0. The Morgan fingerprint density at radius 3 is 2.78 bits per heavy atom. The van der Waals surface area contributed by atoms with Gasteiger partial charge in [-0.1, -0.05) is 39.2 Å². The summed E-state index contributed by atoms with van der Waals surface area (Å²) in [5, 5.41) is 0.739. The molecule has 0 N–H and O–H groups in total. The van der Waals surface area contributed by atoms with Crippen LogP contribution in [-0.4, -0.2) is 4.57 Å². The summed E-state index contributed by atoms with van der Waals surface area (Å²) < 4.78 is 15.8. The van der Waals surface area contributed by atoms with Crippen LogP contribution in [0.4, 0.5) is 4.39 Å². The van der Waals surface area contributed by atoms with Crippen molar-refractivity contribution in [3.8, 4) is 0 Å². The summed E-state index contributed by atoms with van der Waals surface area (Å²) in [6, 6.07) is 7.21. The van der Waals surface area contributed by atoms with Crippen LogP contribution in [0.15, 0.2) is 30.5 Å². The molecule has 1 heterocycles. The average Bonchev–Trinajstić information content (AvgIpc) is 2.79. The summed E-state index contributed by atoms with van der Waals surface area (Å²) in [6.45, 7) is 5.48. The molecule has 1 aromatic carbocycles. The third-order valence-corrected chi connectivity index (χ3v) is 3.76. The Labute approximate surface area is 109 Å². The van der Waals surface area contributed by atoms with Crippen LogP contribution < -0.4 is 0 Å². The van der Waals surface area contributed by atoms with Crippen LogP contribution in [0.1, 0.15) is 39.5 Å². The Bertz CT molecular complexity index is 501. The number of halogens is 1. The summed E-state index contributed by atoms with van der Waals surface area (Å²) in [5.41, 5.74) is 1.02. The molecule has 18 heavy (non-hydrogen) atoms. The van der Waals surface area contributed by atoms with Gasteiger partial charge in [-0.25, -0.2) is 4.39 Å². The summed E-state index contributed by atoms with van der Waals surface area (Å²) >= 11 is 0. The number of fused-ring (bicyclic) bond motifs is 1. The van der Waals surface area contributed by atoms with Gasteiger partial charge in [0.05, 0.1) is 5.52 Å². The van der Waals surface area contributed by atoms with E-state index in [1.54, 1.807) is 6.07 Å². The van der Waals surface area contributed by atoms with Gasteiger partial charge in [-0.3, -0.25) is 0 Å². The minimum atomic E-state index is -0.118. The maximum Gasteiger partial charge on any atom is 0.132 e. The van der Waals surface area contributed by atoms with Crippen molar-refractivity contribution in [3.63, 3.8) is 0 Å². The molecular formula is C16H22FN. The van der Waals surface area contributed by atoms with E-state index in [9.17, 15) is 4.39 Å². The highest BCUT2D eigenvalue weighted by atomic mass is 19.1. The third-order valence-electron chi connectivity index (χ3n) is 3.76. The molecule has 0 saturated carbocycles. The zero-order valence-electron chi connectivity index (χ0n) is 11.3. The average molecular weight is 247 g/mol. The van der Waals surface area contributed by atoms with Crippen molar-refractivity contribution in [3.05, 3.63) is 36.3 Å². The lowest BCUT2D eigenvalue weighted by Crippen LogP contribution is -2.09. The molecule has 1 nitrogen and oxygen atoms in total. The minimum Gasteiger partial charge on any atom is -0.347 e. The van der Waals surface area contributed by atoms with Crippen LogP contribution in [0.5, 0.6) is 0 Å². The second-order valence-corrected chi connectivity index (χ2v) is 5.06. The lowest BCUT2D eigenvalue weighted by Gasteiger charge is -2.16. The summed E-state index contributed by atoms with van der Waals surface area (Å²) in [6.07, 6.45) is 7.00. The van der Waals surface area contributed by atoms with Gasteiger partial charge in [-0.2, -0.15) is 0 Å². The molecule has 0 aliphatic rings. The van der Waals surface area contributed by atoms with E-state index in [0.29, 0.717) is 5.92 Å². The van der Waals surface area contributed by atoms with Gasteiger partial charge in [0.2, 0.25) is 0 Å². The van der Waals surface area contributed by atoms with E-state index in [-0.39, 0.29) is 5.82 Å². The molecule has 0 fully saturated rings. The van der Waals surface area contributed by atoms with Crippen LogP contribution >= 0.6 is 0 Å². The maximum atomic E-state index is 13.6. The van der Waals surface area contributed by atoms with Crippen molar-refractivity contribution in [2.24, 2.45) is 5.92 Å². The van der Waals surface area contributed by atoms with Crippen molar-refractivity contribution in [1.29, 1.82) is 0 Å². The molecule has 0 saturated heterocycles. The van der Waals surface area contributed by atoms with E-state index in [4.69, 9.17) is 0 Å². The molecule has 0 bridgehead atoms. The van der Waals surface area contributed by atoms with Gasteiger partial charge >= 0.3 is 0 Å². The predicted octanol–water partition coefficient (Wildman–Crippen LogP) is 5.00. The molecule has 0 spiro atoms. The van der Waals surface area contributed by atoms with Crippen LogP contribution in [0, 0.1) is 11.7 Å². The number of hydrogen-bond donors (Lipinski definition) is 0. The largest absolute Gasteiger partial charge is 0.347 e. The normalized spacial score (nSPS) is 13.1. The van der Waals surface area contributed by atoms with E-state index in [0.717, 1.165) is 17.4 Å². The zero-order chi connectivity index (χ0) is 13.0. The number of hydrogen-bond acceptors (Lipinski definition) is 0. The van der Waals surface area contributed by atoms with Crippen molar-refractivity contribution < 1.29 is 4.39 Å². The number of rotatable bonds is 6. The topological polar surface area (TPSA) is 4.93 Å². The highest BCUT2D eigenvalue weighted by molar-refractivity contribution is 5.80. The second kappa shape index (κ2) is 6.03. The van der Waals surface area contributed by atoms with Gasteiger partial charge in [0.15, 0.2) is 0 Å². The first-order chi connectivity index (χ1) is 8.76. The first-order valence-corrected chi connectivity index (χ1v) is 6.99. The molecule has 1 atom stereocenters. The highest BCUT2D eigenvalue weighted by Gasteiger charge is 2.10. The fraction of sp³-hybridized carbons (Fsp3) is 0.500. The van der Waals surface area contributed by atoms with Crippen LogP contribution in [0.3, 0.4) is 0 Å². The Morgan fingerprint density at radius 2 is 2.06 bits per heavy atom. The van der Waals surface area contributed by atoms with E-state index in [2.05, 4.69) is 18.4 Å². The third kappa shape index (κ3) is 2.74. The van der Waals surface area contributed by atoms with Gasteiger partial charge in [-0.15, -0.1) is 0 Å². The lowest BCUT2D eigenvalue weighted by atomic mass is 9.99. The molecule has 0 amide bonds. The first kappa shape index (κ1) is 13.1. The molecule has 0 radical (unpaired) electrons. The molecule has 1 aromatic heterocycles. The molecule has 2 heteroatoms. The first-order valence-electron chi connectivity index (χ1n) is 6.99. The molecule has 0 aliphatic carbocycles. The summed E-state index contributed by atoms with van der Waals surface area (Å²) in [5.74, 6) is 0.580. The quantitative estimate of drug-likeness (QED) is 0.677. The monoisotopic (exact) mass is 247 g/mol. The van der Waals surface area contributed by atoms with Gasteiger partial charge in [-0.05, 0) is 30.5 Å². The van der Waals surface area contributed by atoms with Crippen LogP contribution in [-0.2, 0) is 6.54 Å². The maximum absolute atomic E-state index is 13.6. The molecule has 2 rings (SSSR count). The van der Waals surface area contributed by atoms with Crippen molar-refractivity contribution in [2.45, 2.75) is 46.1 Å². The number of nitrogens with zero attached hydrogens (tertiary/aromatic N) is 1. The molecular weight excluding hydrogens is 225 g/mol. The van der Waals surface area contributed by atoms with Crippen LogP contribution in [0.2, 0.25) is 0 Å². The second-order valence-electron chi connectivity index (χ2n) is 5.06.